The fourth-order valence-electron chi connectivity index (χ4n) is 3.19. The molecular formula is C15H27NO3. The molecule has 0 N–H and O–H groups in total. The number of carbonyl (C=O) groups is 1. The fraction of sp³-hybridized carbons (Fsp3) is 0.933. The third kappa shape index (κ3) is 3.48. The highest BCUT2D eigenvalue weighted by atomic mass is 16.5. The van der Waals surface area contributed by atoms with E-state index in [1.54, 1.807) is 0 Å². The summed E-state index contributed by atoms with van der Waals surface area (Å²) in [7, 11) is 0. The molecule has 4 heteroatoms. The summed E-state index contributed by atoms with van der Waals surface area (Å²) < 4.78 is 11.5. The summed E-state index contributed by atoms with van der Waals surface area (Å²) in [6.07, 6.45) is 5.47. The number of rotatable bonds is 4. The first-order valence-corrected chi connectivity index (χ1v) is 7.68. The molecule has 1 saturated carbocycles. The lowest BCUT2D eigenvalue weighted by Gasteiger charge is -2.40. The van der Waals surface area contributed by atoms with Crippen molar-refractivity contribution in [2.24, 2.45) is 0 Å². The molecule has 1 aliphatic heterocycles. The Hall–Kier alpha value is -0.610. The number of nitrogens with zero attached hydrogens (tertiary/aromatic N) is 1. The van der Waals surface area contributed by atoms with Crippen LogP contribution in [0.3, 0.4) is 0 Å². The quantitative estimate of drug-likeness (QED) is 0.786. The summed E-state index contributed by atoms with van der Waals surface area (Å²) >= 11 is 0. The van der Waals surface area contributed by atoms with Gasteiger partial charge >= 0.3 is 0 Å². The van der Waals surface area contributed by atoms with Gasteiger partial charge in [0.15, 0.2) is 0 Å². The molecular weight excluding hydrogens is 242 g/mol. The molecule has 3 atom stereocenters. The van der Waals surface area contributed by atoms with Gasteiger partial charge in [0.2, 0.25) is 0 Å². The molecule has 0 bridgehead atoms. The van der Waals surface area contributed by atoms with Crippen LogP contribution in [0.25, 0.3) is 0 Å². The molecule has 2 rings (SSSR count). The van der Waals surface area contributed by atoms with E-state index in [0.717, 1.165) is 19.3 Å². The van der Waals surface area contributed by atoms with Crippen LogP contribution in [0.15, 0.2) is 0 Å². The van der Waals surface area contributed by atoms with Crippen molar-refractivity contribution in [1.29, 1.82) is 0 Å². The number of carbonyl (C=O) groups excluding carboxylic acids is 1. The van der Waals surface area contributed by atoms with Gasteiger partial charge in [-0.1, -0.05) is 19.8 Å². The van der Waals surface area contributed by atoms with Crippen LogP contribution in [-0.2, 0) is 14.3 Å². The maximum absolute atomic E-state index is 12.7. The van der Waals surface area contributed by atoms with E-state index in [2.05, 4.69) is 13.8 Å². The molecule has 1 amide bonds. The van der Waals surface area contributed by atoms with Crippen LogP contribution in [0.4, 0.5) is 0 Å². The molecule has 110 valence electrons. The van der Waals surface area contributed by atoms with E-state index in [-0.39, 0.29) is 24.1 Å². The highest BCUT2D eigenvalue weighted by Crippen LogP contribution is 2.24. The van der Waals surface area contributed by atoms with Crippen LogP contribution in [0, 0.1) is 0 Å². The molecule has 1 aliphatic carbocycles. The van der Waals surface area contributed by atoms with E-state index in [1.165, 1.54) is 12.8 Å². The molecule has 2 aliphatic rings. The first-order valence-electron chi connectivity index (χ1n) is 7.68. The predicted octanol–water partition coefficient (Wildman–Crippen LogP) is 2.36. The fourth-order valence-corrected chi connectivity index (χ4v) is 3.19. The van der Waals surface area contributed by atoms with Crippen molar-refractivity contribution in [3.05, 3.63) is 0 Å². The number of hydrogen-bond acceptors (Lipinski definition) is 3. The van der Waals surface area contributed by atoms with Gasteiger partial charge in [0.1, 0.15) is 6.10 Å². The van der Waals surface area contributed by atoms with E-state index < -0.39 is 0 Å². The van der Waals surface area contributed by atoms with Crippen molar-refractivity contribution in [3.8, 4) is 0 Å². The second-order valence-electron chi connectivity index (χ2n) is 5.92. The minimum absolute atomic E-state index is 0.150. The van der Waals surface area contributed by atoms with Crippen LogP contribution < -0.4 is 0 Å². The number of hydrogen-bond donors (Lipinski definition) is 0. The van der Waals surface area contributed by atoms with Crippen molar-refractivity contribution < 1.29 is 14.3 Å². The Morgan fingerprint density at radius 1 is 1.26 bits per heavy atom. The van der Waals surface area contributed by atoms with Gasteiger partial charge in [-0.15, -0.1) is 0 Å². The standard InChI is InChI=1S/C15H27NO3/c1-4-14(19-13-7-5-6-8-13)15(17)16-11(2)9-18-10-12(16)3/h11-14H,4-10H2,1-3H3/t11-,12+,14-/m1/s1. The van der Waals surface area contributed by atoms with Crippen LogP contribution in [0.2, 0.25) is 0 Å². The molecule has 1 heterocycles. The van der Waals surface area contributed by atoms with Gasteiger partial charge in [-0.3, -0.25) is 4.79 Å². The minimum atomic E-state index is -0.272. The Labute approximate surface area is 116 Å². The summed E-state index contributed by atoms with van der Waals surface area (Å²) in [6, 6.07) is 0.301. The first kappa shape index (κ1) is 14.8. The van der Waals surface area contributed by atoms with Crippen molar-refractivity contribution in [1.82, 2.24) is 4.90 Å². The summed E-state index contributed by atoms with van der Waals surface area (Å²) in [5, 5.41) is 0. The second-order valence-corrected chi connectivity index (χ2v) is 5.92. The Balaban J connectivity index is 1.97. The average Bonchev–Trinajstić information content (AvgIpc) is 2.88. The van der Waals surface area contributed by atoms with Gasteiger partial charge < -0.3 is 14.4 Å². The van der Waals surface area contributed by atoms with Crippen LogP contribution in [-0.4, -0.2) is 48.3 Å². The summed E-state index contributed by atoms with van der Waals surface area (Å²) in [5.74, 6) is 0.151. The first-order chi connectivity index (χ1) is 9.13. The van der Waals surface area contributed by atoms with Gasteiger partial charge in [0, 0.05) is 0 Å². The van der Waals surface area contributed by atoms with E-state index in [0.29, 0.717) is 19.3 Å². The molecule has 1 saturated heterocycles. The number of ether oxygens (including phenoxy) is 2. The SMILES string of the molecule is CC[C@@H](OC1CCCC1)C(=O)N1[C@H](C)COC[C@@H]1C. The molecule has 0 aromatic heterocycles. The van der Waals surface area contributed by atoms with Gasteiger partial charge in [-0.2, -0.15) is 0 Å². The zero-order valence-corrected chi connectivity index (χ0v) is 12.4. The zero-order chi connectivity index (χ0) is 13.8. The summed E-state index contributed by atoms with van der Waals surface area (Å²) in [5.41, 5.74) is 0. The molecule has 2 fully saturated rings. The van der Waals surface area contributed by atoms with Crippen molar-refractivity contribution in [2.45, 2.75) is 77.2 Å². The molecule has 19 heavy (non-hydrogen) atoms. The Morgan fingerprint density at radius 3 is 2.37 bits per heavy atom. The Kier molecular flexibility index (Phi) is 5.22. The van der Waals surface area contributed by atoms with Crippen LogP contribution in [0.1, 0.15) is 52.9 Å². The highest BCUT2D eigenvalue weighted by Gasteiger charge is 2.35. The smallest absolute Gasteiger partial charge is 0.252 e. The lowest BCUT2D eigenvalue weighted by molar-refractivity contribution is -0.160. The van der Waals surface area contributed by atoms with Crippen molar-refractivity contribution >= 4 is 5.91 Å². The molecule has 0 aromatic rings. The summed E-state index contributed by atoms with van der Waals surface area (Å²) in [6.45, 7) is 7.41. The highest BCUT2D eigenvalue weighted by molar-refractivity contribution is 5.81. The minimum Gasteiger partial charge on any atom is -0.377 e. The molecule has 0 radical (unpaired) electrons. The number of morpholine rings is 1. The second kappa shape index (κ2) is 6.71. The third-order valence-corrected chi connectivity index (χ3v) is 4.23. The maximum Gasteiger partial charge on any atom is 0.252 e. The monoisotopic (exact) mass is 269 g/mol. The van der Waals surface area contributed by atoms with Crippen LogP contribution in [0.5, 0.6) is 0 Å². The molecule has 0 unspecified atom stereocenters. The van der Waals surface area contributed by atoms with Gasteiger partial charge in [-0.25, -0.2) is 0 Å². The average molecular weight is 269 g/mol. The van der Waals surface area contributed by atoms with E-state index in [9.17, 15) is 4.79 Å². The van der Waals surface area contributed by atoms with Gasteiger partial charge in [-0.05, 0) is 33.1 Å². The lowest BCUT2D eigenvalue weighted by atomic mass is 10.1. The third-order valence-electron chi connectivity index (χ3n) is 4.23. The molecule has 0 aromatic carbocycles. The van der Waals surface area contributed by atoms with Crippen molar-refractivity contribution in [2.75, 3.05) is 13.2 Å². The normalized spacial score (nSPS) is 30.6. The van der Waals surface area contributed by atoms with E-state index in [4.69, 9.17) is 9.47 Å². The largest absolute Gasteiger partial charge is 0.377 e. The molecule has 4 nitrogen and oxygen atoms in total. The Bertz CT molecular complexity index is 292. The topological polar surface area (TPSA) is 38.8 Å². The zero-order valence-electron chi connectivity index (χ0n) is 12.4. The van der Waals surface area contributed by atoms with Gasteiger partial charge in [0.05, 0.1) is 31.4 Å². The van der Waals surface area contributed by atoms with E-state index >= 15 is 0 Å². The predicted molar refractivity (Wildman–Crippen MR) is 74.0 cm³/mol. The maximum atomic E-state index is 12.7. The number of amides is 1. The van der Waals surface area contributed by atoms with E-state index in [1.807, 2.05) is 11.8 Å². The molecule has 0 spiro atoms. The Morgan fingerprint density at radius 2 is 1.84 bits per heavy atom. The summed E-state index contributed by atoms with van der Waals surface area (Å²) in [4.78, 5) is 14.6. The van der Waals surface area contributed by atoms with Crippen LogP contribution >= 0.6 is 0 Å². The van der Waals surface area contributed by atoms with Crippen molar-refractivity contribution in [3.63, 3.8) is 0 Å². The lowest BCUT2D eigenvalue weighted by Crippen LogP contribution is -2.56. The van der Waals surface area contributed by atoms with Gasteiger partial charge in [0.25, 0.3) is 5.91 Å².